The number of amides is 1. The molecule has 2 aromatic carbocycles. The van der Waals surface area contributed by atoms with Gasteiger partial charge in [0, 0.05) is 13.0 Å². The van der Waals surface area contributed by atoms with E-state index in [2.05, 4.69) is 12.3 Å². The molecule has 3 nitrogen and oxygen atoms in total. The molecule has 0 saturated carbocycles. The van der Waals surface area contributed by atoms with Gasteiger partial charge in [0.1, 0.15) is 6.04 Å². The van der Waals surface area contributed by atoms with Crippen LogP contribution in [0.3, 0.4) is 0 Å². The molecule has 6 heteroatoms. The van der Waals surface area contributed by atoms with Crippen molar-refractivity contribution in [2.24, 2.45) is 0 Å². The van der Waals surface area contributed by atoms with E-state index in [1.54, 1.807) is 12.1 Å². The van der Waals surface area contributed by atoms with E-state index in [0.29, 0.717) is 6.42 Å². The lowest BCUT2D eigenvalue weighted by Gasteiger charge is -2.31. The minimum Gasteiger partial charge on any atom is -0.288 e. The van der Waals surface area contributed by atoms with Gasteiger partial charge in [0.15, 0.2) is 0 Å². The van der Waals surface area contributed by atoms with Gasteiger partial charge in [-0.2, -0.15) is 13.2 Å². The number of aryl methyl sites for hydroxylation is 1. The summed E-state index contributed by atoms with van der Waals surface area (Å²) < 4.78 is 42.0. The Morgan fingerprint density at radius 1 is 1.11 bits per heavy atom. The van der Waals surface area contributed by atoms with Crippen LogP contribution < -0.4 is 5.43 Å². The number of unbranched alkanes of at least 4 members (excludes halogenated alkanes) is 3. The number of benzene rings is 2. The molecule has 0 bridgehead atoms. The fourth-order valence-corrected chi connectivity index (χ4v) is 3.83. The summed E-state index contributed by atoms with van der Waals surface area (Å²) in [6, 6.07) is 9.08. The first kappa shape index (κ1) is 19.7. The number of alkyl halides is 3. The molecule has 146 valence electrons. The maximum atomic E-state index is 14.0. The Bertz CT molecular complexity index is 804. The second-order valence-corrected chi connectivity index (χ2v) is 7.09. The van der Waals surface area contributed by atoms with E-state index in [-0.39, 0.29) is 24.4 Å². The van der Waals surface area contributed by atoms with Crippen LogP contribution in [0.5, 0.6) is 0 Å². The molecular weight excluding hydrogens is 353 g/mol. The fraction of sp³-hybridized carbons (Fsp3) is 0.476. The zero-order valence-corrected chi connectivity index (χ0v) is 15.5. The van der Waals surface area contributed by atoms with Gasteiger partial charge >= 0.3 is 6.18 Å². The van der Waals surface area contributed by atoms with Crippen molar-refractivity contribution in [2.75, 3.05) is 6.54 Å². The average molecular weight is 378 g/mol. The molecule has 1 fully saturated rings. The largest absolute Gasteiger partial charge is 0.409 e. The molecule has 1 aliphatic rings. The number of nitrogens with zero attached hydrogens (tertiary/aromatic N) is 1. The van der Waals surface area contributed by atoms with Crippen LogP contribution in [0, 0.1) is 0 Å². The number of halogens is 3. The van der Waals surface area contributed by atoms with Crippen LogP contribution in [-0.4, -0.2) is 23.6 Å². The molecule has 1 atom stereocenters. The minimum atomic E-state index is -4.47. The number of hydrogen-bond acceptors (Lipinski definition) is 2. The highest BCUT2D eigenvalue weighted by molar-refractivity contribution is 5.87. The van der Waals surface area contributed by atoms with Gasteiger partial charge in [-0.05, 0) is 34.7 Å². The van der Waals surface area contributed by atoms with E-state index in [4.69, 9.17) is 0 Å². The lowest BCUT2D eigenvalue weighted by Crippen LogP contribution is -2.44. The monoisotopic (exact) mass is 378 g/mol. The van der Waals surface area contributed by atoms with Crippen molar-refractivity contribution in [3.63, 3.8) is 0 Å². The molecule has 0 spiro atoms. The van der Waals surface area contributed by atoms with Crippen molar-refractivity contribution >= 4 is 16.7 Å². The molecule has 1 heterocycles. The summed E-state index contributed by atoms with van der Waals surface area (Å²) in [6.45, 7) is 2.17. The molecule has 0 radical (unpaired) electrons. The van der Waals surface area contributed by atoms with Gasteiger partial charge in [-0.3, -0.25) is 10.2 Å². The van der Waals surface area contributed by atoms with Crippen LogP contribution in [0.1, 0.15) is 56.2 Å². The summed E-state index contributed by atoms with van der Waals surface area (Å²) in [7, 11) is 0. The number of hydrogen-bond donors (Lipinski definition) is 1. The highest BCUT2D eigenvalue weighted by Crippen LogP contribution is 2.41. The average Bonchev–Trinajstić information content (AvgIpc) is 3.04. The molecule has 0 unspecified atom stereocenters. The van der Waals surface area contributed by atoms with E-state index in [1.165, 1.54) is 0 Å². The third kappa shape index (κ3) is 4.43. The number of rotatable bonds is 7. The summed E-state index contributed by atoms with van der Waals surface area (Å²) >= 11 is 0. The summed E-state index contributed by atoms with van der Waals surface area (Å²) in [5, 5.41) is 2.85. The van der Waals surface area contributed by atoms with Crippen LogP contribution in [0.25, 0.3) is 10.8 Å². The maximum absolute atomic E-state index is 14.0. The van der Waals surface area contributed by atoms with E-state index in [1.807, 2.05) is 24.3 Å². The third-order valence-corrected chi connectivity index (χ3v) is 5.12. The lowest BCUT2D eigenvalue weighted by atomic mass is 9.90. The minimum absolute atomic E-state index is 0.0606. The number of hydrazine groups is 1. The Hall–Kier alpha value is -2.08. The summed E-state index contributed by atoms with van der Waals surface area (Å²) in [6.07, 6.45) is 0.218. The number of carbonyl (C=O) groups is 1. The van der Waals surface area contributed by atoms with Gasteiger partial charge in [-0.15, -0.1) is 0 Å². The van der Waals surface area contributed by atoms with Crippen LogP contribution >= 0.6 is 0 Å². The van der Waals surface area contributed by atoms with Crippen molar-refractivity contribution < 1.29 is 18.0 Å². The summed E-state index contributed by atoms with van der Waals surface area (Å²) in [4.78, 5) is 11.5. The Morgan fingerprint density at radius 2 is 1.89 bits per heavy atom. The molecule has 1 N–H and O–H groups in total. The van der Waals surface area contributed by atoms with Gasteiger partial charge in [-0.25, -0.2) is 5.01 Å². The van der Waals surface area contributed by atoms with Crippen LogP contribution in [0.15, 0.2) is 36.4 Å². The van der Waals surface area contributed by atoms with Gasteiger partial charge in [0.05, 0.1) is 0 Å². The Kier molecular flexibility index (Phi) is 6.05. The maximum Gasteiger partial charge on any atom is 0.409 e. The van der Waals surface area contributed by atoms with Crippen LogP contribution in [0.4, 0.5) is 13.2 Å². The van der Waals surface area contributed by atoms with Crippen molar-refractivity contribution in [2.45, 2.75) is 57.7 Å². The van der Waals surface area contributed by atoms with E-state index < -0.39 is 12.2 Å². The number of carbonyl (C=O) groups excluding carboxylic acids is 1. The van der Waals surface area contributed by atoms with Gasteiger partial charge in [0.2, 0.25) is 5.91 Å². The van der Waals surface area contributed by atoms with Crippen molar-refractivity contribution in [1.82, 2.24) is 10.4 Å². The predicted octanol–water partition coefficient (Wildman–Crippen LogP) is 5.30. The second-order valence-electron chi connectivity index (χ2n) is 7.09. The predicted molar refractivity (Wildman–Crippen MR) is 100 cm³/mol. The Labute approximate surface area is 157 Å². The first-order chi connectivity index (χ1) is 12.9. The second kappa shape index (κ2) is 8.30. The molecule has 2 aromatic rings. The molecule has 0 aromatic heterocycles. The molecule has 1 amide bonds. The SMILES string of the molecule is CCCCCCc1c([C@H](N2CCC(=O)N2)C(F)(F)F)ccc2ccccc12. The number of fused-ring (bicyclic) bond motifs is 1. The molecular formula is C21H25F3N2O. The highest BCUT2D eigenvalue weighted by atomic mass is 19.4. The number of nitrogens with one attached hydrogen (secondary N) is 1. The highest BCUT2D eigenvalue weighted by Gasteiger charge is 2.47. The van der Waals surface area contributed by atoms with Crippen molar-refractivity contribution in [3.05, 3.63) is 47.5 Å². The zero-order valence-electron chi connectivity index (χ0n) is 15.5. The fourth-order valence-electron chi connectivity index (χ4n) is 3.83. The summed E-state index contributed by atoms with van der Waals surface area (Å²) in [5.74, 6) is -0.366. The summed E-state index contributed by atoms with van der Waals surface area (Å²) in [5.41, 5.74) is 3.38. The first-order valence-corrected chi connectivity index (χ1v) is 9.55. The Balaban J connectivity index is 2.05. The molecule has 1 saturated heterocycles. The first-order valence-electron chi connectivity index (χ1n) is 9.55. The van der Waals surface area contributed by atoms with E-state index in [9.17, 15) is 18.0 Å². The topological polar surface area (TPSA) is 32.3 Å². The van der Waals surface area contributed by atoms with Gasteiger partial charge in [-0.1, -0.05) is 62.6 Å². The van der Waals surface area contributed by atoms with E-state index in [0.717, 1.165) is 47.0 Å². The van der Waals surface area contributed by atoms with Crippen molar-refractivity contribution in [1.29, 1.82) is 0 Å². The van der Waals surface area contributed by atoms with Crippen LogP contribution in [-0.2, 0) is 11.2 Å². The molecule has 3 rings (SSSR count). The third-order valence-electron chi connectivity index (χ3n) is 5.12. The standard InChI is InChI=1S/C21H25F3N2O/c1-2-3-4-5-10-17-16-9-7-6-8-15(16)11-12-18(17)20(21(22,23)24)26-14-13-19(27)25-26/h6-9,11-12,20H,2-5,10,13-14H2,1H3,(H,25,27)/t20-/m0/s1. The van der Waals surface area contributed by atoms with Gasteiger partial charge < -0.3 is 0 Å². The molecule has 0 aliphatic carbocycles. The molecule has 1 aliphatic heterocycles. The van der Waals surface area contributed by atoms with Crippen molar-refractivity contribution in [3.8, 4) is 0 Å². The van der Waals surface area contributed by atoms with Gasteiger partial charge in [0.25, 0.3) is 0 Å². The normalized spacial score (nSPS) is 16.7. The lowest BCUT2D eigenvalue weighted by molar-refractivity contribution is -0.191. The Morgan fingerprint density at radius 3 is 2.56 bits per heavy atom. The van der Waals surface area contributed by atoms with E-state index >= 15 is 0 Å². The zero-order chi connectivity index (χ0) is 19.4. The van der Waals surface area contributed by atoms with Crippen LogP contribution in [0.2, 0.25) is 0 Å². The smallest absolute Gasteiger partial charge is 0.288 e. The molecule has 27 heavy (non-hydrogen) atoms. The quantitative estimate of drug-likeness (QED) is 0.663.